The minimum absolute atomic E-state index is 0.196. The smallest absolute Gasteiger partial charge is 0.00255 e. The zero-order valence-corrected chi connectivity index (χ0v) is 14.2. The molecule has 116 valence electrons. The summed E-state index contributed by atoms with van der Waals surface area (Å²) >= 11 is 0. The molecule has 0 saturated carbocycles. The van der Waals surface area contributed by atoms with E-state index < -0.39 is 0 Å². The molecular weight excluding hydrogens is 276 g/mol. The van der Waals surface area contributed by atoms with E-state index in [1.807, 2.05) is 0 Å². The molecule has 0 nitrogen and oxygen atoms in total. The van der Waals surface area contributed by atoms with Gasteiger partial charge in [-0.25, -0.2) is 0 Å². The lowest BCUT2D eigenvalue weighted by Gasteiger charge is -2.19. The fraction of sp³-hybridized carbons (Fsp3) is 0.217. The predicted molar refractivity (Wildman–Crippen MR) is 99.8 cm³/mol. The quantitative estimate of drug-likeness (QED) is 0.537. The Morgan fingerprint density at radius 3 is 1.91 bits per heavy atom. The van der Waals surface area contributed by atoms with Gasteiger partial charge in [0.25, 0.3) is 0 Å². The van der Waals surface area contributed by atoms with Gasteiger partial charge in [0.15, 0.2) is 0 Å². The molecule has 0 N–H and O–H groups in total. The van der Waals surface area contributed by atoms with E-state index in [0.717, 1.165) is 6.42 Å². The summed E-state index contributed by atoms with van der Waals surface area (Å²) in [5.74, 6) is 0. The van der Waals surface area contributed by atoms with Gasteiger partial charge in [-0.3, -0.25) is 0 Å². The van der Waals surface area contributed by atoms with Crippen LogP contribution in [0.5, 0.6) is 0 Å². The number of benzene rings is 3. The van der Waals surface area contributed by atoms with Gasteiger partial charge in [0, 0.05) is 0 Å². The average molecular weight is 300 g/mol. The van der Waals surface area contributed by atoms with E-state index >= 15 is 0 Å². The summed E-state index contributed by atoms with van der Waals surface area (Å²) < 4.78 is 0. The third kappa shape index (κ3) is 3.90. The Balaban J connectivity index is 1.87. The Labute approximate surface area is 139 Å². The average Bonchev–Trinajstić information content (AvgIpc) is 2.55. The molecule has 0 fully saturated rings. The maximum absolute atomic E-state index is 2.34. The van der Waals surface area contributed by atoms with Gasteiger partial charge in [0.05, 0.1) is 0 Å². The molecule has 23 heavy (non-hydrogen) atoms. The highest BCUT2D eigenvalue weighted by molar-refractivity contribution is 5.64. The molecule has 0 heteroatoms. The van der Waals surface area contributed by atoms with Gasteiger partial charge in [-0.2, -0.15) is 0 Å². The lowest BCUT2D eigenvalue weighted by Crippen LogP contribution is -2.11. The van der Waals surface area contributed by atoms with Crippen LogP contribution < -0.4 is 0 Å². The molecule has 0 aliphatic rings. The molecule has 0 aromatic heterocycles. The van der Waals surface area contributed by atoms with E-state index in [-0.39, 0.29) is 5.41 Å². The van der Waals surface area contributed by atoms with Crippen LogP contribution in [-0.4, -0.2) is 0 Å². The first kappa shape index (κ1) is 15.6. The molecule has 3 aromatic rings. The fourth-order valence-electron chi connectivity index (χ4n) is 2.87. The van der Waals surface area contributed by atoms with Gasteiger partial charge in [-0.15, -0.1) is 0 Å². The van der Waals surface area contributed by atoms with Crippen LogP contribution in [0.15, 0.2) is 78.9 Å². The van der Waals surface area contributed by atoms with Crippen LogP contribution in [0, 0.1) is 0 Å². The van der Waals surface area contributed by atoms with Gasteiger partial charge in [0.2, 0.25) is 0 Å². The first-order valence-electron chi connectivity index (χ1n) is 8.26. The molecule has 0 unspecified atom stereocenters. The standard InChI is InChI=1S/C23H24/c1-23(2,3)22-14-8-10-19(17-22)15-18-9-7-13-21(16-18)20-11-5-4-6-12-20/h4-14,16-17H,15H2,1-3H3. The van der Waals surface area contributed by atoms with E-state index in [9.17, 15) is 0 Å². The highest BCUT2D eigenvalue weighted by Gasteiger charge is 2.13. The van der Waals surface area contributed by atoms with Crippen molar-refractivity contribution in [2.24, 2.45) is 0 Å². The summed E-state index contributed by atoms with van der Waals surface area (Å²) in [5.41, 5.74) is 6.89. The molecule has 0 aliphatic carbocycles. The topological polar surface area (TPSA) is 0 Å². The Hall–Kier alpha value is -2.34. The van der Waals surface area contributed by atoms with E-state index in [0.29, 0.717) is 0 Å². The van der Waals surface area contributed by atoms with Crippen LogP contribution in [0.25, 0.3) is 11.1 Å². The normalized spacial score (nSPS) is 11.4. The van der Waals surface area contributed by atoms with E-state index in [1.165, 1.54) is 27.8 Å². The Bertz CT molecular complexity index is 776. The SMILES string of the molecule is CC(C)(C)c1cccc(Cc2cccc(-c3ccccc3)c2)c1. The van der Waals surface area contributed by atoms with E-state index in [4.69, 9.17) is 0 Å². The molecule has 0 aliphatic heterocycles. The molecule has 3 rings (SSSR count). The molecular formula is C23H24. The number of rotatable bonds is 3. The maximum atomic E-state index is 2.34. The van der Waals surface area contributed by atoms with Gasteiger partial charge in [-0.05, 0) is 39.7 Å². The molecule has 0 bridgehead atoms. The second-order valence-electron chi connectivity index (χ2n) is 7.19. The molecule has 0 spiro atoms. The van der Waals surface area contributed by atoms with Gasteiger partial charge < -0.3 is 0 Å². The summed E-state index contributed by atoms with van der Waals surface area (Å²) in [6.45, 7) is 6.80. The summed E-state index contributed by atoms with van der Waals surface area (Å²) in [5, 5.41) is 0. The highest BCUT2D eigenvalue weighted by Crippen LogP contribution is 2.25. The number of hydrogen-bond donors (Lipinski definition) is 0. The van der Waals surface area contributed by atoms with Crippen LogP contribution in [0.1, 0.15) is 37.5 Å². The first-order chi connectivity index (χ1) is 11.0. The van der Waals surface area contributed by atoms with Crippen LogP contribution in [0.3, 0.4) is 0 Å². The summed E-state index contributed by atoms with van der Waals surface area (Å²) in [6, 6.07) is 28.4. The van der Waals surface area contributed by atoms with Crippen molar-refractivity contribution < 1.29 is 0 Å². The Morgan fingerprint density at radius 1 is 0.609 bits per heavy atom. The van der Waals surface area contributed by atoms with Crippen LogP contribution >= 0.6 is 0 Å². The highest BCUT2D eigenvalue weighted by atomic mass is 14.2. The fourth-order valence-corrected chi connectivity index (χ4v) is 2.87. The van der Waals surface area contributed by atoms with Crippen molar-refractivity contribution in [1.29, 1.82) is 0 Å². The van der Waals surface area contributed by atoms with Crippen molar-refractivity contribution in [3.05, 3.63) is 95.6 Å². The second-order valence-corrected chi connectivity index (χ2v) is 7.19. The number of hydrogen-bond acceptors (Lipinski definition) is 0. The monoisotopic (exact) mass is 300 g/mol. The Kier molecular flexibility index (Phi) is 4.34. The first-order valence-corrected chi connectivity index (χ1v) is 8.26. The molecule has 3 aromatic carbocycles. The van der Waals surface area contributed by atoms with Crippen molar-refractivity contribution in [1.82, 2.24) is 0 Å². The Morgan fingerprint density at radius 2 is 1.22 bits per heavy atom. The van der Waals surface area contributed by atoms with E-state index in [1.54, 1.807) is 0 Å². The third-order valence-electron chi connectivity index (χ3n) is 4.24. The van der Waals surface area contributed by atoms with Crippen LogP contribution in [0.2, 0.25) is 0 Å². The molecule has 0 atom stereocenters. The molecule has 0 radical (unpaired) electrons. The zero-order chi connectivity index (χ0) is 16.3. The lowest BCUT2D eigenvalue weighted by atomic mass is 9.85. The molecule has 0 amide bonds. The third-order valence-corrected chi connectivity index (χ3v) is 4.24. The summed E-state index contributed by atoms with van der Waals surface area (Å²) in [6.07, 6.45) is 0.977. The summed E-state index contributed by atoms with van der Waals surface area (Å²) in [7, 11) is 0. The van der Waals surface area contributed by atoms with Crippen molar-refractivity contribution in [3.8, 4) is 11.1 Å². The minimum atomic E-state index is 0.196. The minimum Gasteiger partial charge on any atom is -0.0622 e. The van der Waals surface area contributed by atoms with Gasteiger partial charge in [0.1, 0.15) is 0 Å². The van der Waals surface area contributed by atoms with Gasteiger partial charge >= 0.3 is 0 Å². The second kappa shape index (κ2) is 6.42. The molecule has 0 heterocycles. The van der Waals surface area contributed by atoms with Crippen molar-refractivity contribution in [2.45, 2.75) is 32.6 Å². The van der Waals surface area contributed by atoms with E-state index in [2.05, 4.69) is 99.6 Å². The van der Waals surface area contributed by atoms with Crippen molar-refractivity contribution >= 4 is 0 Å². The van der Waals surface area contributed by atoms with Crippen molar-refractivity contribution in [3.63, 3.8) is 0 Å². The zero-order valence-electron chi connectivity index (χ0n) is 14.2. The van der Waals surface area contributed by atoms with Crippen molar-refractivity contribution in [2.75, 3.05) is 0 Å². The predicted octanol–water partition coefficient (Wildman–Crippen LogP) is 6.24. The maximum Gasteiger partial charge on any atom is -0.00255 e. The molecule has 0 saturated heterocycles. The lowest BCUT2D eigenvalue weighted by molar-refractivity contribution is 0.589. The summed E-state index contributed by atoms with van der Waals surface area (Å²) in [4.78, 5) is 0. The van der Waals surface area contributed by atoms with Gasteiger partial charge in [-0.1, -0.05) is 99.6 Å². The van der Waals surface area contributed by atoms with Crippen LogP contribution in [0.4, 0.5) is 0 Å². The van der Waals surface area contributed by atoms with Crippen LogP contribution in [-0.2, 0) is 11.8 Å². The largest absolute Gasteiger partial charge is 0.0622 e.